The van der Waals surface area contributed by atoms with Gasteiger partial charge in [0.05, 0.1) is 28.9 Å². The summed E-state index contributed by atoms with van der Waals surface area (Å²) in [5, 5.41) is 6.52. The molecule has 0 aliphatic heterocycles. The van der Waals surface area contributed by atoms with Crippen molar-refractivity contribution in [3.05, 3.63) is 69.2 Å². The molecular formula is C17H12Cl2F3N3O2. The van der Waals surface area contributed by atoms with Crippen LogP contribution in [0, 0.1) is 0 Å². The van der Waals surface area contributed by atoms with E-state index in [2.05, 4.69) is 15.8 Å². The normalized spacial score (nSPS) is 11.4. The molecule has 0 radical (unpaired) electrons. The maximum absolute atomic E-state index is 12.9. The van der Waals surface area contributed by atoms with Crippen LogP contribution in [0.1, 0.15) is 21.5 Å². The molecule has 2 rings (SSSR count). The van der Waals surface area contributed by atoms with Gasteiger partial charge in [0.2, 0.25) is 0 Å². The number of hydrogen-bond acceptors (Lipinski definition) is 3. The molecule has 0 atom stereocenters. The van der Waals surface area contributed by atoms with Gasteiger partial charge in [-0.15, -0.1) is 0 Å². The van der Waals surface area contributed by atoms with Crippen molar-refractivity contribution in [2.75, 3.05) is 6.54 Å². The molecule has 0 fully saturated rings. The number of amides is 2. The fourth-order valence-electron chi connectivity index (χ4n) is 2.00. The van der Waals surface area contributed by atoms with E-state index in [0.29, 0.717) is 15.6 Å². The van der Waals surface area contributed by atoms with Crippen LogP contribution in [0.5, 0.6) is 0 Å². The number of hydrazone groups is 1. The molecule has 2 aromatic carbocycles. The minimum Gasteiger partial charge on any atom is -0.343 e. The molecule has 27 heavy (non-hydrogen) atoms. The van der Waals surface area contributed by atoms with E-state index in [4.69, 9.17) is 23.2 Å². The molecule has 0 heterocycles. The Kier molecular flexibility index (Phi) is 6.81. The second-order valence-electron chi connectivity index (χ2n) is 5.19. The third kappa shape index (κ3) is 5.97. The molecule has 5 nitrogen and oxygen atoms in total. The molecule has 2 amide bonds. The van der Waals surface area contributed by atoms with Gasteiger partial charge in [0.25, 0.3) is 11.8 Å². The first-order valence-electron chi connectivity index (χ1n) is 7.40. The number of alkyl halides is 3. The minimum atomic E-state index is -4.68. The summed E-state index contributed by atoms with van der Waals surface area (Å²) in [7, 11) is 0. The van der Waals surface area contributed by atoms with E-state index in [1.165, 1.54) is 24.4 Å². The van der Waals surface area contributed by atoms with Crippen LogP contribution in [-0.4, -0.2) is 24.6 Å². The van der Waals surface area contributed by atoms with E-state index in [-0.39, 0.29) is 0 Å². The second kappa shape index (κ2) is 8.88. The van der Waals surface area contributed by atoms with Crippen molar-refractivity contribution in [2.24, 2.45) is 5.10 Å². The number of halogens is 5. The van der Waals surface area contributed by atoms with Gasteiger partial charge < -0.3 is 5.32 Å². The van der Waals surface area contributed by atoms with Crippen LogP contribution >= 0.6 is 23.2 Å². The topological polar surface area (TPSA) is 70.6 Å². The van der Waals surface area contributed by atoms with E-state index in [0.717, 1.165) is 12.1 Å². The Morgan fingerprint density at radius 3 is 2.48 bits per heavy atom. The zero-order chi connectivity index (χ0) is 20.0. The molecule has 0 aliphatic rings. The fraction of sp³-hybridized carbons (Fsp3) is 0.118. The molecule has 2 N–H and O–H groups in total. The third-order valence-corrected chi connectivity index (χ3v) is 3.80. The predicted molar refractivity (Wildman–Crippen MR) is 96.0 cm³/mol. The highest BCUT2D eigenvalue weighted by Gasteiger charge is 2.34. The van der Waals surface area contributed by atoms with E-state index >= 15 is 0 Å². The van der Waals surface area contributed by atoms with E-state index < -0.39 is 35.7 Å². The Labute approximate surface area is 162 Å². The molecule has 0 saturated carbocycles. The molecular weight excluding hydrogens is 406 g/mol. The van der Waals surface area contributed by atoms with Gasteiger partial charge in [-0.05, 0) is 24.3 Å². The van der Waals surface area contributed by atoms with Crippen LogP contribution in [-0.2, 0) is 11.0 Å². The standard InChI is InChI=1S/C17H12Cl2F3N3O2/c18-11-6-5-10(14(19)7-11)8-24-25-15(26)9-23-16(27)12-3-1-2-4-13(12)17(20,21)22/h1-8H,9H2,(H,23,27)(H,25,26)/b24-8+. The van der Waals surface area contributed by atoms with Crippen molar-refractivity contribution >= 4 is 41.2 Å². The average molecular weight is 418 g/mol. The molecule has 0 bridgehead atoms. The smallest absolute Gasteiger partial charge is 0.343 e. The number of carbonyl (C=O) groups excluding carboxylic acids is 2. The lowest BCUT2D eigenvalue weighted by molar-refractivity contribution is -0.137. The highest BCUT2D eigenvalue weighted by Crippen LogP contribution is 2.31. The monoisotopic (exact) mass is 417 g/mol. The van der Waals surface area contributed by atoms with Gasteiger partial charge in [-0.2, -0.15) is 18.3 Å². The second-order valence-corrected chi connectivity index (χ2v) is 6.03. The van der Waals surface area contributed by atoms with Crippen molar-refractivity contribution in [2.45, 2.75) is 6.18 Å². The number of nitrogens with zero attached hydrogens (tertiary/aromatic N) is 1. The first-order valence-corrected chi connectivity index (χ1v) is 8.15. The van der Waals surface area contributed by atoms with Crippen LogP contribution in [0.4, 0.5) is 13.2 Å². The minimum absolute atomic E-state index is 0.317. The van der Waals surface area contributed by atoms with Gasteiger partial charge in [0.15, 0.2) is 0 Å². The number of carbonyl (C=O) groups is 2. The number of nitrogens with one attached hydrogen (secondary N) is 2. The molecule has 2 aromatic rings. The fourth-order valence-corrected chi connectivity index (χ4v) is 2.46. The summed E-state index contributed by atoms with van der Waals surface area (Å²) in [6, 6.07) is 8.93. The van der Waals surface area contributed by atoms with Gasteiger partial charge in [-0.1, -0.05) is 41.4 Å². The molecule has 0 aromatic heterocycles. The van der Waals surface area contributed by atoms with Crippen molar-refractivity contribution in [1.82, 2.24) is 10.7 Å². The summed E-state index contributed by atoms with van der Waals surface area (Å²) >= 11 is 11.7. The number of benzene rings is 2. The van der Waals surface area contributed by atoms with Crippen LogP contribution in [0.2, 0.25) is 10.0 Å². The van der Waals surface area contributed by atoms with Crippen molar-refractivity contribution in [3.63, 3.8) is 0 Å². The maximum Gasteiger partial charge on any atom is 0.417 e. The SMILES string of the molecule is O=C(CNC(=O)c1ccccc1C(F)(F)F)N/N=C/c1ccc(Cl)cc1Cl. The van der Waals surface area contributed by atoms with Crippen molar-refractivity contribution in [1.29, 1.82) is 0 Å². The zero-order valence-corrected chi connectivity index (χ0v) is 15.0. The maximum atomic E-state index is 12.9. The summed E-state index contributed by atoms with van der Waals surface area (Å²) < 4.78 is 38.7. The van der Waals surface area contributed by atoms with Crippen molar-refractivity contribution < 1.29 is 22.8 Å². The predicted octanol–water partition coefficient (Wildman–Crippen LogP) is 3.89. The van der Waals surface area contributed by atoms with Gasteiger partial charge in [-0.3, -0.25) is 9.59 Å². The summed E-state index contributed by atoms with van der Waals surface area (Å²) in [4.78, 5) is 23.6. The lowest BCUT2D eigenvalue weighted by Crippen LogP contribution is -2.35. The van der Waals surface area contributed by atoms with Gasteiger partial charge in [0.1, 0.15) is 0 Å². The number of hydrogen-bond donors (Lipinski definition) is 2. The largest absolute Gasteiger partial charge is 0.417 e. The summed E-state index contributed by atoms with van der Waals surface area (Å²) in [6.45, 7) is -0.559. The first kappa shape index (κ1) is 20.7. The Bertz CT molecular complexity index is 886. The Morgan fingerprint density at radius 1 is 1.11 bits per heavy atom. The summed E-state index contributed by atoms with van der Waals surface area (Å²) in [6.07, 6.45) is -3.42. The van der Waals surface area contributed by atoms with E-state index in [9.17, 15) is 22.8 Å². The third-order valence-electron chi connectivity index (χ3n) is 3.24. The molecule has 142 valence electrons. The summed E-state index contributed by atoms with van der Waals surface area (Å²) in [5.41, 5.74) is 0.957. The van der Waals surface area contributed by atoms with Crippen LogP contribution in [0.15, 0.2) is 47.6 Å². The quantitative estimate of drug-likeness (QED) is 0.572. The van der Waals surface area contributed by atoms with Gasteiger partial charge in [0, 0.05) is 10.6 Å². The zero-order valence-electron chi connectivity index (χ0n) is 13.5. The molecule has 0 aliphatic carbocycles. The van der Waals surface area contributed by atoms with Crippen LogP contribution < -0.4 is 10.7 Å². The van der Waals surface area contributed by atoms with Gasteiger partial charge in [-0.25, -0.2) is 5.43 Å². The van der Waals surface area contributed by atoms with Crippen LogP contribution in [0.3, 0.4) is 0 Å². The average Bonchev–Trinajstić information content (AvgIpc) is 2.61. The highest BCUT2D eigenvalue weighted by atomic mass is 35.5. The van der Waals surface area contributed by atoms with E-state index in [1.807, 2.05) is 0 Å². The Hall–Kier alpha value is -2.58. The molecule has 0 spiro atoms. The van der Waals surface area contributed by atoms with Crippen molar-refractivity contribution in [3.8, 4) is 0 Å². The first-order chi connectivity index (χ1) is 12.7. The Balaban J connectivity index is 1.92. The molecule has 0 unspecified atom stereocenters. The lowest BCUT2D eigenvalue weighted by Gasteiger charge is -2.12. The van der Waals surface area contributed by atoms with Gasteiger partial charge >= 0.3 is 6.18 Å². The van der Waals surface area contributed by atoms with E-state index in [1.54, 1.807) is 12.1 Å². The number of rotatable bonds is 5. The molecule has 0 saturated heterocycles. The summed E-state index contributed by atoms with van der Waals surface area (Å²) in [5.74, 6) is -1.75. The lowest BCUT2D eigenvalue weighted by atomic mass is 10.1. The highest BCUT2D eigenvalue weighted by molar-refractivity contribution is 6.36. The van der Waals surface area contributed by atoms with Crippen LogP contribution in [0.25, 0.3) is 0 Å². The molecule has 10 heteroatoms. The Morgan fingerprint density at radius 2 is 1.81 bits per heavy atom.